The monoisotopic (exact) mass is 246 g/mol. The van der Waals surface area contributed by atoms with Crippen LogP contribution in [-0.2, 0) is 11.3 Å². The van der Waals surface area contributed by atoms with Gasteiger partial charge in [-0.2, -0.15) is 5.26 Å². The smallest absolute Gasteiger partial charge is 0.222 e. The highest BCUT2D eigenvalue weighted by atomic mass is 16.3. The Hall–Kier alpha value is -1.86. The summed E-state index contributed by atoms with van der Waals surface area (Å²) in [5.74, 6) is 0.0141. The second-order valence-corrected chi connectivity index (χ2v) is 4.45. The van der Waals surface area contributed by atoms with Crippen molar-refractivity contribution in [2.75, 3.05) is 7.05 Å². The van der Waals surface area contributed by atoms with E-state index in [1.54, 1.807) is 31.0 Å². The summed E-state index contributed by atoms with van der Waals surface area (Å²) in [7, 11) is 1.74. The van der Waals surface area contributed by atoms with Gasteiger partial charge >= 0.3 is 0 Å². The zero-order valence-electron chi connectivity index (χ0n) is 10.8. The molecule has 4 heteroatoms. The molecule has 0 saturated heterocycles. The molecule has 1 atom stereocenters. The summed E-state index contributed by atoms with van der Waals surface area (Å²) in [6.07, 6.45) is 0.387. The van der Waals surface area contributed by atoms with Gasteiger partial charge in [-0.25, -0.2) is 0 Å². The van der Waals surface area contributed by atoms with Gasteiger partial charge in [0.05, 0.1) is 17.7 Å². The first-order valence-electron chi connectivity index (χ1n) is 5.94. The summed E-state index contributed by atoms with van der Waals surface area (Å²) < 4.78 is 0. The van der Waals surface area contributed by atoms with Crippen LogP contribution in [-0.4, -0.2) is 29.1 Å². The molecule has 1 rings (SSSR count). The highest BCUT2D eigenvalue weighted by Gasteiger charge is 2.10. The molecular formula is C14H18N2O2. The molecule has 1 amide bonds. The van der Waals surface area contributed by atoms with E-state index in [-0.39, 0.29) is 5.91 Å². The van der Waals surface area contributed by atoms with Crippen LogP contribution in [0, 0.1) is 11.3 Å². The van der Waals surface area contributed by atoms with Crippen LogP contribution in [0.4, 0.5) is 0 Å². The fourth-order valence-electron chi connectivity index (χ4n) is 1.57. The largest absolute Gasteiger partial charge is 0.393 e. The highest BCUT2D eigenvalue weighted by molar-refractivity contribution is 5.75. The standard InChI is InChI=1S/C14H18N2O2/c1-11(17)3-8-14(18)16(2)10-13-6-4-12(9-15)5-7-13/h4-7,11,17H,3,8,10H2,1-2H3. The average molecular weight is 246 g/mol. The molecule has 1 aromatic carbocycles. The van der Waals surface area contributed by atoms with Crippen molar-refractivity contribution in [1.82, 2.24) is 4.90 Å². The molecule has 0 saturated carbocycles. The Labute approximate surface area is 107 Å². The van der Waals surface area contributed by atoms with Gasteiger partial charge in [0.1, 0.15) is 0 Å². The second kappa shape index (κ2) is 6.77. The third-order valence-electron chi connectivity index (χ3n) is 2.70. The maximum absolute atomic E-state index is 11.7. The molecule has 18 heavy (non-hydrogen) atoms. The zero-order chi connectivity index (χ0) is 13.5. The second-order valence-electron chi connectivity index (χ2n) is 4.45. The quantitative estimate of drug-likeness (QED) is 0.859. The predicted octanol–water partition coefficient (Wildman–Crippen LogP) is 1.68. The summed E-state index contributed by atoms with van der Waals surface area (Å²) in [4.78, 5) is 13.4. The molecule has 0 fully saturated rings. The van der Waals surface area contributed by atoms with Crippen LogP contribution in [0.25, 0.3) is 0 Å². The van der Waals surface area contributed by atoms with E-state index in [0.29, 0.717) is 24.9 Å². The third kappa shape index (κ3) is 4.56. The summed E-state index contributed by atoms with van der Waals surface area (Å²) in [5.41, 5.74) is 1.60. The molecule has 0 heterocycles. The normalized spacial score (nSPS) is 11.7. The number of carbonyl (C=O) groups excluding carboxylic acids is 1. The van der Waals surface area contributed by atoms with E-state index in [0.717, 1.165) is 5.56 Å². The number of nitrogens with zero attached hydrogens (tertiary/aromatic N) is 2. The molecule has 0 aliphatic heterocycles. The Morgan fingerprint density at radius 1 is 1.44 bits per heavy atom. The molecule has 96 valence electrons. The van der Waals surface area contributed by atoms with Gasteiger partial charge in [0.15, 0.2) is 0 Å². The first kappa shape index (κ1) is 14.2. The van der Waals surface area contributed by atoms with Crippen molar-refractivity contribution in [1.29, 1.82) is 5.26 Å². The van der Waals surface area contributed by atoms with Crippen LogP contribution in [0.1, 0.15) is 30.9 Å². The van der Waals surface area contributed by atoms with E-state index in [1.165, 1.54) is 0 Å². The van der Waals surface area contributed by atoms with Crippen molar-refractivity contribution in [2.45, 2.75) is 32.4 Å². The van der Waals surface area contributed by atoms with Gasteiger partial charge in [0.2, 0.25) is 5.91 Å². The Balaban J connectivity index is 2.50. The lowest BCUT2D eigenvalue weighted by Crippen LogP contribution is -2.26. The number of carbonyl (C=O) groups is 1. The highest BCUT2D eigenvalue weighted by Crippen LogP contribution is 2.08. The molecule has 0 spiro atoms. The number of hydrogen-bond acceptors (Lipinski definition) is 3. The van der Waals surface area contributed by atoms with Crippen LogP contribution in [0.2, 0.25) is 0 Å². The van der Waals surface area contributed by atoms with Crippen molar-refractivity contribution >= 4 is 5.91 Å². The van der Waals surface area contributed by atoms with Crippen molar-refractivity contribution in [2.24, 2.45) is 0 Å². The Kier molecular flexibility index (Phi) is 5.34. The predicted molar refractivity (Wildman–Crippen MR) is 68.5 cm³/mol. The maximum atomic E-state index is 11.7. The Bertz CT molecular complexity index is 432. The minimum atomic E-state index is -0.447. The van der Waals surface area contributed by atoms with Crippen molar-refractivity contribution in [3.05, 3.63) is 35.4 Å². The van der Waals surface area contributed by atoms with Crippen LogP contribution in [0.15, 0.2) is 24.3 Å². The maximum Gasteiger partial charge on any atom is 0.222 e. The SMILES string of the molecule is CC(O)CCC(=O)N(C)Cc1ccc(C#N)cc1. The van der Waals surface area contributed by atoms with Gasteiger partial charge in [-0.15, -0.1) is 0 Å². The fraction of sp³-hybridized carbons (Fsp3) is 0.429. The number of aliphatic hydroxyl groups excluding tert-OH is 1. The number of hydrogen-bond donors (Lipinski definition) is 1. The minimum Gasteiger partial charge on any atom is -0.393 e. The lowest BCUT2D eigenvalue weighted by Gasteiger charge is -2.17. The topological polar surface area (TPSA) is 64.3 Å². The molecule has 0 radical (unpaired) electrons. The summed E-state index contributed by atoms with van der Waals surface area (Å²) in [5, 5.41) is 17.8. The zero-order valence-corrected chi connectivity index (χ0v) is 10.8. The van der Waals surface area contributed by atoms with Crippen LogP contribution in [0.3, 0.4) is 0 Å². The van der Waals surface area contributed by atoms with Gasteiger partial charge < -0.3 is 10.0 Å². The molecule has 1 aromatic rings. The first-order valence-corrected chi connectivity index (χ1v) is 5.94. The lowest BCUT2D eigenvalue weighted by atomic mass is 10.1. The number of amides is 1. The number of rotatable bonds is 5. The van der Waals surface area contributed by atoms with Crippen molar-refractivity contribution < 1.29 is 9.90 Å². The molecule has 1 unspecified atom stereocenters. The average Bonchev–Trinajstić information content (AvgIpc) is 2.36. The van der Waals surface area contributed by atoms with E-state index in [4.69, 9.17) is 10.4 Å². The van der Waals surface area contributed by atoms with Gasteiger partial charge in [0, 0.05) is 20.0 Å². The summed E-state index contributed by atoms with van der Waals surface area (Å²) in [6, 6.07) is 9.22. The Morgan fingerprint density at radius 2 is 2.06 bits per heavy atom. The Morgan fingerprint density at radius 3 is 2.56 bits per heavy atom. The molecular weight excluding hydrogens is 228 g/mol. The summed E-state index contributed by atoms with van der Waals surface area (Å²) in [6.45, 7) is 2.19. The number of aliphatic hydroxyl groups is 1. The lowest BCUT2D eigenvalue weighted by molar-refractivity contribution is -0.131. The van der Waals surface area contributed by atoms with Crippen molar-refractivity contribution in [3.63, 3.8) is 0 Å². The first-order chi connectivity index (χ1) is 8.52. The van der Waals surface area contributed by atoms with Crippen LogP contribution >= 0.6 is 0 Å². The van der Waals surface area contributed by atoms with E-state index >= 15 is 0 Å². The molecule has 0 aromatic heterocycles. The molecule has 0 bridgehead atoms. The van der Waals surface area contributed by atoms with Gasteiger partial charge in [-0.05, 0) is 31.0 Å². The molecule has 0 aliphatic carbocycles. The minimum absolute atomic E-state index is 0.0141. The number of benzene rings is 1. The van der Waals surface area contributed by atoms with E-state index in [9.17, 15) is 4.79 Å². The molecule has 4 nitrogen and oxygen atoms in total. The fourth-order valence-corrected chi connectivity index (χ4v) is 1.57. The van der Waals surface area contributed by atoms with E-state index in [2.05, 4.69) is 6.07 Å². The van der Waals surface area contributed by atoms with Gasteiger partial charge in [-0.3, -0.25) is 4.79 Å². The van der Waals surface area contributed by atoms with Crippen LogP contribution < -0.4 is 0 Å². The third-order valence-corrected chi connectivity index (χ3v) is 2.70. The molecule has 0 aliphatic rings. The van der Waals surface area contributed by atoms with Crippen LogP contribution in [0.5, 0.6) is 0 Å². The number of nitriles is 1. The summed E-state index contributed by atoms with van der Waals surface area (Å²) >= 11 is 0. The van der Waals surface area contributed by atoms with Gasteiger partial charge in [0.25, 0.3) is 0 Å². The van der Waals surface area contributed by atoms with E-state index in [1.807, 2.05) is 12.1 Å². The molecule has 1 N–H and O–H groups in total. The van der Waals surface area contributed by atoms with Crippen molar-refractivity contribution in [3.8, 4) is 6.07 Å². The van der Waals surface area contributed by atoms with E-state index < -0.39 is 6.10 Å². The van der Waals surface area contributed by atoms with Gasteiger partial charge in [-0.1, -0.05) is 12.1 Å².